The maximum absolute atomic E-state index is 9.75. The Morgan fingerprint density at radius 2 is 2.05 bits per heavy atom. The molecule has 0 bridgehead atoms. The summed E-state index contributed by atoms with van der Waals surface area (Å²) < 4.78 is 6.36. The molecule has 1 aromatic carbocycles. The molecule has 0 fully saturated rings. The minimum absolute atomic E-state index is 0.0708. The fraction of sp³-hybridized carbons (Fsp3) is 0.556. The van der Waals surface area contributed by atoms with Gasteiger partial charge in [-0.15, -0.1) is 0 Å². The third-order valence-corrected chi connectivity index (χ3v) is 4.87. The van der Waals surface area contributed by atoms with Gasteiger partial charge < -0.3 is 9.84 Å². The normalized spacial score (nSPS) is 31.4. The van der Waals surface area contributed by atoms with Crippen molar-refractivity contribution >= 4 is 0 Å². The smallest absolute Gasteiger partial charge is 0.127 e. The number of allylic oxidation sites excluding steroid dienone is 1. The van der Waals surface area contributed by atoms with Gasteiger partial charge in [-0.2, -0.15) is 0 Å². The molecule has 0 amide bonds. The van der Waals surface area contributed by atoms with Crippen LogP contribution in [0.25, 0.3) is 0 Å². The third-order valence-electron chi connectivity index (χ3n) is 4.87. The van der Waals surface area contributed by atoms with Gasteiger partial charge in [0.05, 0.1) is 0 Å². The molecule has 3 rings (SSSR count). The van der Waals surface area contributed by atoms with Crippen LogP contribution in [0.1, 0.15) is 52.0 Å². The molecular weight excluding hydrogens is 248 g/mol. The molecule has 1 aliphatic heterocycles. The Morgan fingerprint density at radius 1 is 1.25 bits per heavy atom. The Balaban J connectivity index is 2.01. The first-order valence-electron chi connectivity index (χ1n) is 7.60. The molecule has 1 aromatic rings. The summed E-state index contributed by atoms with van der Waals surface area (Å²) in [6.07, 6.45) is 9.24. The van der Waals surface area contributed by atoms with E-state index >= 15 is 0 Å². The van der Waals surface area contributed by atoms with Crippen LogP contribution >= 0.6 is 0 Å². The molecule has 1 aliphatic carbocycles. The highest BCUT2D eigenvalue weighted by molar-refractivity contribution is 5.46. The number of rotatable bonds is 1. The Bertz CT molecular complexity index is 544. The summed E-state index contributed by atoms with van der Waals surface area (Å²) in [4.78, 5) is 0. The van der Waals surface area contributed by atoms with E-state index in [4.69, 9.17) is 4.74 Å². The minimum atomic E-state index is -0.179. The first kappa shape index (κ1) is 13.5. The number of hydrogen-bond donors (Lipinski definition) is 1. The number of hydrogen-bond acceptors (Lipinski definition) is 2. The second-order valence-electron chi connectivity index (χ2n) is 7.12. The number of benzene rings is 1. The van der Waals surface area contributed by atoms with E-state index in [0.717, 1.165) is 12.2 Å². The van der Waals surface area contributed by atoms with Crippen molar-refractivity contribution in [3.05, 3.63) is 35.9 Å². The molecule has 20 heavy (non-hydrogen) atoms. The summed E-state index contributed by atoms with van der Waals surface area (Å²) >= 11 is 0. The van der Waals surface area contributed by atoms with Crippen molar-refractivity contribution in [2.24, 2.45) is 5.92 Å². The first-order valence-corrected chi connectivity index (χ1v) is 7.60. The van der Waals surface area contributed by atoms with Crippen molar-refractivity contribution < 1.29 is 9.84 Å². The van der Waals surface area contributed by atoms with Gasteiger partial charge in [-0.25, -0.2) is 0 Å². The van der Waals surface area contributed by atoms with Crippen LogP contribution in [0.3, 0.4) is 0 Å². The third kappa shape index (κ3) is 2.21. The number of aromatic hydroxyl groups is 1. The van der Waals surface area contributed by atoms with Gasteiger partial charge in [-0.05, 0) is 44.1 Å². The van der Waals surface area contributed by atoms with Crippen LogP contribution in [0.2, 0.25) is 0 Å². The van der Waals surface area contributed by atoms with Crippen LogP contribution < -0.4 is 4.74 Å². The second kappa shape index (κ2) is 4.54. The zero-order chi connectivity index (χ0) is 14.4. The number of ether oxygens (including phenoxy) is 1. The van der Waals surface area contributed by atoms with Crippen molar-refractivity contribution in [1.82, 2.24) is 0 Å². The largest absolute Gasteiger partial charge is 0.508 e. The van der Waals surface area contributed by atoms with Crippen molar-refractivity contribution in [1.29, 1.82) is 0 Å². The van der Waals surface area contributed by atoms with Gasteiger partial charge in [-0.1, -0.05) is 32.1 Å². The summed E-state index contributed by atoms with van der Waals surface area (Å²) in [7, 11) is 0. The highest BCUT2D eigenvalue weighted by Gasteiger charge is 2.45. The average molecular weight is 272 g/mol. The SMILES string of the molecule is CC1(C)CC(C)(C2C=CCCC2)Oc2cc(O)ccc21. The lowest BCUT2D eigenvalue weighted by Crippen LogP contribution is -2.48. The molecule has 0 radical (unpaired) electrons. The molecule has 0 saturated heterocycles. The molecule has 0 spiro atoms. The van der Waals surface area contributed by atoms with Gasteiger partial charge in [0, 0.05) is 17.5 Å². The van der Waals surface area contributed by atoms with Gasteiger partial charge in [0.2, 0.25) is 0 Å². The monoisotopic (exact) mass is 272 g/mol. The van der Waals surface area contributed by atoms with Crippen LogP contribution in [-0.2, 0) is 5.41 Å². The predicted octanol–water partition coefficient (Wildman–Crippen LogP) is 4.57. The van der Waals surface area contributed by atoms with Crippen molar-refractivity contribution in [3.8, 4) is 11.5 Å². The quantitative estimate of drug-likeness (QED) is 0.759. The van der Waals surface area contributed by atoms with Gasteiger partial charge in [0.1, 0.15) is 17.1 Å². The van der Waals surface area contributed by atoms with Gasteiger partial charge in [0.15, 0.2) is 0 Å². The lowest BCUT2D eigenvalue weighted by Gasteiger charge is -2.48. The summed E-state index contributed by atoms with van der Waals surface area (Å²) in [5, 5.41) is 9.75. The van der Waals surface area contributed by atoms with E-state index in [1.165, 1.54) is 24.8 Å². The molecule has 1 heterocycles. The van der Waals surface area contributed by atoms with Crippen LogP contribution in [0, 0.1) is 5.92 Å². The Morgan fingerprint density at radius 3 is 2.75 bits per heavy atom. The van der Waals surface area contributed by atoms with Crippen LogP contribution in [-0.4, -0.2) is 10.7 Å². The first-order chi connectivity index (χ1) is 9.41. The number of phenolic OH excluding ortho intramolecular Hbond substituents is 1. The molecular formula is C18H24O2. The molecule has 0 aromatic heterocycles. The molecule has 108 valence electrons. The summed E-state index contributed by atoms with van der Waals surface area (Å²) in [5.41, 5.74) is 1.09. The van der Waals surface area contributed by atoms with Gasteiger partial charge in [0.25, 0.3) is 0 Å². The molecule has 2 heteroatoms. The van der Waals surface area contributed by atoms with Crippen molar-refractivity contribution in [2.75, 3.05) is 0 Å². The highest BCUT2D eigenvalue weighted by atomic mass is 16.5. The molecule has 0 saturated carbocycles. The Labute approximate surface area is 121 Å². The van der Waals surface area contributed by atoms with E-state index in [2.05, 4.69) is 32.9 Å². The predicted molar refractivity (Wildman–Crippen MR) is 81.3 cm³/mol. The Kier molecular flexibility index (Phi) is 3.07. The maximum atomic E-state index is 9.75. The van der Waals surface area contributed by atoms with Crippen LogP contribution in [0.4, 0.5) is 0 Å². The number of phenols is 1. The van der Waals surface area contributed by atoms with E-state index in [0.29, 0.717) is 5.92 Å². The standard InChI is InChI=1S/C18H24O2/c1-17(2)12-18(3,13-7-5-4-6-8-13)20-16-11-14(19)9-10-15(16)17/h5,7,9-11,13,19H,4,6,8,12H2,1-3H3. The maximum Gasteiger partial charge on any atom is 0.127 e. The van der Waals surface area contributed by atoms with E-state index < -0.39 is 0 Å². The van der Waals surface area contributed by atoms with Crippen molar-refractivity contribution in [3.63, 3.8) is 0 Å². The Hall–Kier alpha value is -1.44. The van der Waals surface area contributed by atoms with E-state index in [-0.39, 0.29) is 16.8 Å². The minimum Gasteiger partial charge on any atom is -0.508 e. The fourth-order valence-corrected chi connectivity index (χ4v) is 3.94. The highest BCUT2D eigenvalue weighted by Crippen LogP contribution is 2.49. The second-order valence-corrected chi connectivity index (χ2v) is 7.12. The van der Waals surface area contributed by atoms with Crippen molar-refractivity contribution in [2.45, 2.75) is 57.5 Å². The summed E-state index contributed by atoms with van der Waals surface area (Å²) in [5.74, 6) is 1.59. The summed E-state index contributed by atoms with van der Waals surface area (Å²) in [6, 6.07) is 5.52. The van der Waals surface area contributed by atoms with E-state index in [1.54, 1.807) is 12.1 Å². The van der Waals surface area contributed by atoms with Crippen LogP contribution in [0.15, 0.2) is 30.4 Å². The zero-order valence-electron chi connectivity index (χ0n) is 12.6. The van der Waals surface area contributed by atoms with E-state index in [9.17, 15) is 5.11 Å². The summed E-state index contributed by atoms with van der Waals surface area (Å²) in [6.45, 7) is 6.77. The zero-order valence-corrected chi connectivity index (χ0v) is 12.6. The number of fused-ring (bicyclic) bond motifs is 1. The lowest BCUT2D eigenvalue weighted by atomic mass is 9.67. The fourth-order valence-electron chi connectivity index (χ4n) is 3.94. The molecule has 2 atom stereocenters. The molecule has 1 N–H and O–H groups in total. The molecule has 2 nitrogen and oxygen atoms in total. The van der Waals surface area contributed by atoms with E-state index in [1.807, 2.05) is 6.07 Å². The van der Waals surface area contributed by atoms with Crippen LogP contribution in [0.5, 0.6) is 11.5 Å². The lowest BCUT2D eigenvalue weighted by molar-refractivity contribution is -0.00534. The van der Waals surface area contributed by atoms with Gasteiger partial charge >= 0.3 is 0 Å². The molecule has 2 unspecified atom stereocenters. The molecule has 2 aliphatic rings. The topological polar surface area (TPSA) is 29.5 Å². The van der Waals surface area contributed by atoms with Gasteiger partial charge in [-0.3, -0.25) is 0 Å². The average Bonchev–Trinajstić information content (AvgIpc) is 2.38.